The lowest BCUT2D eigenvalue weighted by atomic mass is 10.0. The van der Waals surface area contributed by atoms with Gasteiger partial charge in [0.1, 0.15) is 0 Å². The Hall–Kier alpha value is -2.92. The van der Waals surface area contributed by atoms with E-state index >= 15 is 0 Å². The van der Waals surface area contributed by atoms with Crippen LogP contribution in [0, 0.1) is 0 Å². The molecule has 1 saturated heterocycles. The molecular weight excluding hydrogens is 380 g/mol. The lowest BCUT2D eigenvalue weighted by Gasteiger charge is -2.27. The van der Waals surface area contributed by atoms with Crippen LogP contribution >= 0.6 is 11.3 Å². The summed E-state index contributed by atoms with van der Waals surface area (Å²) in [6, 6.07) is 22.8. The van der Waals surface area contributed by atoms with Crippen LogP contribution in [0.5, 0.6) is 0 Å². The van der Waals surface area contributed by atoms with Gasteiger partial charge in [-0.05, 0) is 42.0 Å². The van der Waals surface area contributed by atoms with Gasteiger partial charge < -0.3 is 10.2 Å². The first-order valence-electron chi connectivity index (χ1n) is 9.96. The fraction of sp³-hybridized carbons (Fsp3) is 0.250. The molecule has 2 aromatic carbocycles. The second-order valence-electron chi connectivity index (χ2n) is 7.27. The molecule has 148 valence electrons. The van der Waals surface area contributed by atoms with E-state index in [2.05, 4.69) is 16.8 Å². The zero-order valence-electron chi connectivity index (χ0n) is 16.2. The first-order valence-corrected chi connectivity index (χ1v) is 10.8. The zero-order valence-corrected chi connectivity index (χ0v) is 17.0. The molecule has 3 aromatic rings. The van der Waals surface area contributed by atoms with E-state index in [1.54, 1.807) is 23.5 Å². The third kappa shape index (κ3) is 4.57. The van der Waals surface area contributed by atoms with Crippen molar-refractivity contribution in [3.63, 3.8) is 0 Å². The quantitative estimate of drug-likeness (QED) is 0.630. The molecule has 1 N–H and O–H groups in total. The Morgan fingerprint density at radius 2 is 1.72 bits per heavy atom. The number of likely N-dealkylation sites (tertiary alicyclic amines) is 1. The summed E-state index contributed by atoms with van der Waals surface area (Å²) in [5.74, 6) is -0.0772. The molecule has 1 fully saturated rings. The third-order valence-corrected chi connectivity index (χ3v) is 6.34. The second kappa shape index (κ2) is 9.05. The molecule has 2 heterocycles. The van der Waals surface area contributed by atoms with Crippen molar-refractivity contribution in [3.8, 4) is 0 Å². The van der Waals surface area contributed by atoms with Crippen LogP contribution in [-0.4, -0.2) is 23.3 Å². The second-order valence-corrected chi connectivity index (χ2v) is 8.25. The van der Waals surface area contributed by atoms with E-state index < -0.39 is 0 Å². The summed E-state index contributed by atoms with van der Waals surface area (Å²) in [5, 5.41) is 5.13. The molecule has 1 aliphatic heterocycles. The van der Waals surface area contributed by atoms with E-state index in [1.807, 2.05) is 59.5 Å². The molecule has 0 bridgehead atoms. The summed E-state index contributed by atoms with van der Waals surface area (Å²) >= 11 is 1.70. The lowest BCUT2D eigenvalue weighted by molar-refractivity contribution is -0.132. The number of hydrogen-bond donors (Lipinski definition) is 1. The summed E-state index contributed by atoms with van der Waals surface area (Å²) in [5.41, 5.74) is 1.54. The molecule has 1 aliphatic rings. The molecule has 2 amide bonds. The molecule has 2 atom stereocenters. The average Bonchev–Trinajstić information content (AvgIpc) is 3.46. The minimum absolute atomic E-state index is 0.0862. The number of carbonyl (C=O) groups is 2. The van der Waals surface area contributed by atoms with Gasteiger partial charge in [-0.3, -0.25) is 9.59 Å². The van der Waals surface area contributed by atoms with Gasteiger partial charge in [-0.2, -0.15) is 0 Å². The van der Waals surface area contributed by atoms with Gasteiger partial charge in [-0.25, -0.2) is 0 Å². The number of hydrogen-bond acceptors (Lipinski definition) is 3. The van der Waals surface area contributed by atoms with Crippen LogP contribution in [0.15, 0.2) is 78.2 Å². The van der Waals surface area contributed by atoms with Gasteiger partial charge in [0, 0.05) is 17.0 Å². The van der Waals surface area contributed by atoms with Crippen molar-refractivity contribution < 1.29 is 9.59 Å². The first kappa shape index (κ1) is 19.4. The van der Waals surface area contributed by atoms with Gasteiger partial charge in [0.2, 0.25) is 5.91 Å². The Morgan fingerprint density at radius 3 is 2.41 bits per heavy atom. The van der Waals surface area contributed by atoms with Crippen molar-refractivity contribution in [2.24, 2.45) is 0 Å². The fourth-order valence-corrected chi connectivity index (χ4v) is 4.78. The summed E-state index contributed by atoms with van der Waals surface area (Å²) in [4.78, 5) is 29.2. The topological polar surface area (TPSA) is 49.4 Å². The summed E-state index contributed by atoms with van der Waals surface area (Å²) in [6.07, 6.45) is 2.27. The van der Waals surface area contributed by atoms with Crippen molar-refractivity contribution in [2.45, 2.75) is 31.3 Å². The van der Waals surface area contributed by atoms with Crippen molar-refractivity contribution in [1.29, 1.82) is 0 Å². The van der Waals surface area contributed by atoms with E-state index in [4.69, 9.17) is 0 Å². The Labute approximate surface area is 175 Å². The number of nitrogens with zero attached hydrogens (tertiary/aromatic N) is 1. The molecule has 0 radical (unpaired) electrons. The van der Waals surface area contributed by atoms with E-state index in [-0.39, 0.29) is 30.3 Å². The molecule has 4 nitrogen and oxygen atoms in total. The zero-order chi connectivity index (χ0) is 20.1. The van der Waals surface area contributed by atoms with Crippen molar-refractivity contribution in [2.75, 3.05) is 6.54 Å². The molecule has 29 heavy (non-hydrogen) atoms. The fourth-order valence-electron chi connectivity index (χ4n) is 3.90. The predicted molar refractivity (Wildman–Crippen MR) is 116 cm³/mol. The largest absolute Gasteiger partial charge is 0.345 e. The maximum absolute atomic E-state index is 13.2. The van der Waals surface area contributed by atoms with E-state index in [0.29, 0.717) is 5.56 Å². The Kier molecular flexibility index (Phi) is 6.06. The molecule has 5 heteroatoms. The molecule has 0 aliphatic carbocycles. The maximum Gasteiger partial charge on any atom is 0.251 e. The highest BCUT2D eigenvalue weighted by Crippen LogP contribution is 2.35. The summed E-state index contributed by atoms with van der Waals surface area (Å²) in [6.45, 7) is 0.773. The number of thiophene rings is 1. The Balaban J connectivity index is 1.52. The minimum atomic E-state index is -0.360. The molecule has 2 unspecified atom stereocenters. The van der Waals surface area contributed by atoms with Gasteiger partial charge in [0.25, 0.3) is 5.91 Å². The number of carbonyl (C=O) groups excluding carboxylic acids is 2. The number of nitrogens with one attached hydrogen (secondary N) is 1. The molecule has 0 spiro atoms. The van der Waals surface area contributed by atoms with E-state index in [0.717, 1.165) is 24.9 Å². The summed E-state index contributed by atoms with van der Waals surface area (Å²) < 4.78 is 0. The average molecular weight is 405 g/mol. The third-order valence-electron chi connectivity index (χ3n) is 5.37. The van der Waals surface area contributed by atoms with Crippen molar-refractivity contribution in [1.82, 2.24) is 10.2 Å². The van der Waals surface area contributed by atoms with Crippen molar-refractivity contribution in [3.05, 3.63) is 94.2 Å². The van der Waals surface area contributed by atoms with Gasteiger partial charge in [0.05, 0.1) is 18.5 Å². The van der Waals surface area contributed by atoms with Crippen LogP contribution in [0.3, 0.4) is 0 Å². The number of benzene rings is 2. The van der Waals surface area contributed by atoms with E-state index in [1.165, 1.54) is 4.88 Å². The highest BCUT2D eigenvalue weighted by molar-refractivity contribution is 7.10. The van der Waals surface area contributed by atoms with Crippen molar-refractivity contribution >= 4 is 23.2 Å². The Bertz CT molecular complexity index is 942. The van der Waals surface area contributed by atoms with Gasteiger partial charge >= 0.3 is 0 Å². The van der Waals surface area contributed by atoms with Crippen LogP contribution in [-0.2, 0) is 4.79 Å². The first-order chi connectivity index (χ1) is 14.2. The molecule has 4 rings (SSSR count). The lowest BCUT2D eigenvalue weighted by Crippen LogP contribution is -2.36. The monoisotopic (exact) mass is 404 g/mol. The molecular formula is C24H24N2O2S. The van der Waals surface area contributed by atoms with Crippen LogP contribution in [0.4, 0.5) is 0 Å². The molecule has 1 aromatic heterocycles. The van der Waals surface area contributed by atoms with Gasteiger partial charge in [0.15, 0.2) is 0 Å². The van der Waals surface area contributed by atoms with E-state index in [9.17, 15) is 9.59 Å². The standard InChI is InChI=1S/C24H24N2O2S/c27-23(26-15-7-13-21(26)22-14-8-16-29-22)17-20(18-9-3-1-4-10-18)25-24(28)19-11-5-2-6-12-19/h1-6,8-12,14,16,20-21H,7,13,15,17H2,(H,25,28). The van der Waals surface area contributed by atoms with Gasteiger partial charge in [-0.15, -0.1) is 11.3 Å². The smallest absolute Gasteiger partial charge is 0.251 e. The number of amides is 2. The van der Waals surface area contributed by atoms with Crippen LogP contribution < -0.4 is 5.32 Å². The summed E-state index contributed by atoms with van der Waals surface area (Å²) in [7, 11) is 0. The van der Waals surface area contributed by atoms with Crippen LogP contribution in [0.2, 0.25) is 0 Å². The van der Waals surface area contributed by atoms with Gasteiger partial charge in [-0.1, -0.05) is 54.6 Å². The van der Waals surface area contributed by atoms with Crippen LogP contribution in [0.25, 0.3) is 0 Å². The maximum atomic E-state index is 13.2. The van der Waals surface area contributed by atoms with Crippen LogP contribution in [0.1, 0.15) is 52.1 Å². The predicted octanol–water partition coefficient (Wildman–Crippen LogP) is 4.97. The normalized spacial score (nSPS) is 17.1. The Morgan fingerprint density at radius 1 is 1.00 bits per heavy atom. The highest BCUT2D eigenvalue weighted by atomic mass is 32.1. The minimum Gasteiger partial charge on any atom is -0.345 e. The highest BCUT2D eigenvalue weighted by Gasteiger charge is 2.32. The molecule has 0 saturated carbocycles. The SMILES string of the molecule is O=C(NC(CC(=O)N1CCCC1c1cccs1)c1ccccc1)c1ccccc1. The number of rotatable bonds is 6.